The highest BCUT2D eigenvalue weighted by Gasteiger charge is 2.09. The number of fused-ring (bicyclic) bond motifs is 1. The van der Waals surface area contributed by atoms with E-state index in [1.165, 1.54) is 0 Å². The SMILES string of the molecule is Nc1nc2cc(I)ccc2n1Cc1ccon1. The van der Waals surface area contributed by atoms with Crippen LogP contribution in [0.4, 0.5) is 5.95 Å². The molecule has 6 heteroatoms. The summed E-state index contributed by atoms with van der Waals surface area (Å²) in [6.45, 7) is 0.569. The predicted molar refractivity (Wildman–Crippen MR) is 72.5 cm³/mol. The second-order valence-electron chi connectivity index (χ2n) is 3.68. The first-order valence-electron chi connectivity index (χ1n) is 5.04. The van der Waals surface area contributed by atoms with Crippen molar-refractivity contribution in [2.24, 2.45) is 0 Å². The minimum atomic E-state index is 0.491. The maximum Gasteiger partial charge on any atom is 0.201 e. The largest absolute Gasteiger partial charge is 0.369 e. The van der Waals surface area contributed by atoms with Gasteiger partial charge in [0.1, 0.15) is 12.0 Å². The fraction of sp³-hybridized carbons (Fsp3) is 0.0909. The van der Waals surface area contributed by atoms with E-state index in [2.05, 4.69) is 32.7 Å². The van der Waals surface area contributed by atoms with Gasteiger partial charge in [-0.2, -0.15) is 0 Å². The molecule has 0 aliphatic carbocycles. The van der Waals surface area contributed by atoms with Gasteiger partial charge in [-0.05, 0) is 40.8 Å². The highest BCUT2D eigenvalue weighted by Crippen LogP contribution is 2.21. The van der Waals surface area contributed by atoms with Crippen molar-refractivity contribution in [2.75, 3.05) is 5.73 Å². The zero-order chi connectivity index (χ0) is 11.8. The van der Waals surface area contributed by atoms with Crippen molar-refractivity contribution in [1.29, 1.82) is 0 Å². The lowest BCUT2D eigenvalue weighted by atomic mass is 10.3. The molecule has 0 amide bonds. The molecule has 3 rings (SSSR count). The number of hydrogen-bond donors (Lipinski definition) is 1. The molecule has 2 N–H and O–H groups in total. The third kappa shape index (κ3) is 1.88. The fourth-order valence-corrected chi connectivity index (χ4v) is 2.24. The third-order valence-electron chi connectivity index (χ3n) is 2.55. The molecular weight excluding hydrogens is 331 g/mol. The maximum atomic E-state index is 5.91. The van der Waals surface area contributed by atoms with Crippen LogP contribution in [0.5, 0.6) is 0 Å². The molecular formula is C11H9IN4O. The van der Waals surface area contributed by atoms with Gasteiger partial charge >= 0.3 is 0 Å². The molecule has 86 valence electrons. The number of hydrogen-bond acceptors (Lipinski definition) is 4. The Bertz CT molecular complexity index is 659. The van der Waals surface area contributed by atoms with Gasteiger partial charge < -0.3 is 14.8 Å². The molecule has 2 heterocycles. The molecule has 0 aliphatic rings. The molecule has 0 saturated carbocycles. The molecule has 0 spiro atoms. The average molecular weight is 340 g/mol. The summed E-state index contributed by atoms with van der Waals surface area (Å²) >= 11 is 2.25. The molecule has 0 unspecified atom stereocenters. The quantitative estimate of drug-likeness (QED) is 0.727. The monoisotopic (exact) mass is 340 g/mol. The molecule has 2 aromatic heterocycles. The number of rotatable bonds is 2. The van der Waals surface area contributed by atoms with Crippen LogP contribution in [0.3, 0.4) is 0 Å². The molecule has 0 saturated heterocycles. The van der Waals surface area contributed by atoms with Gasteiger partial charge in [-0.25, -0.2) is 4.98 Å². The topological polar surface area (TPSA) is 69.9 Å². The lowest BCUT2D eigenvalue weighted by molar-refractivity contribution is 0.410. The Morgan fingerprint density at radius 1 is 1.35 bits per heavy atom. The maximum absolute atomic E-state index is 5.91. The van der Waals surface area contributed by atoms with Crippen molar-refractivity contribution >= 4 is 39.6 Å². The summed E-state index contributed by atoms with van der Waals surface area (Å²) in [5, 5.41) is 3.88. The van der Waals surface area contributed by atoms with Crippen molar-refractivity contribution in [3.05, 3.63) is 39.8 Å². The molecule has 0 radical (unpaired) electrons. The molecule has 0 aliphatic heterocycles. The highest BCUT2D eigenvalue weighted by atomic mass is 127. The van der Waals surface area contributed by atoms with Crippen LogP contribution in [0.2, 0.25) is 0 Å². The Labute approximate surface area is 111 Å². The van der Waals surface area contributed by atoms with Crippen molar-refractivity contribution in [3.8, 4) is 0 Å². The van der Waals surface area contributed by atoms with Crippen LogP contribution in [-0.2, 0) is 6.54 Å². The first-order valence-corrected chi connectivity index (χ1v) is 6.12. The zero-order valence-corrected chi connectivity index (χ0v) is 11.0. The van der Waals surface area contributed by atoms with Crippen molar-refractivity contribution in [2.45, 2.75) is 6.54 Å². The van der Waals surface area contributed by atoms with E-state index in [-0.39, 0.29) is 0 Å². The van der Waals surface area contributed by atoms with Crippen molar-refractivity contribution < 1.29 is 4.52 Å². The van der Waals surface area contributed by atoms with Gasteiger partial charge in [0.2, 0.25) is 5.95 Å². The van der Waals surface area contributed by atoms with Gasteiger partial charge in [0, 0.05) is 9.64 Å². The standard InChI is InChI=1S/C11H9IN4O/c12-7-1-2-10-9(5-7)14-11(13)16(10)6-8-3-4-17-15-8/h1-5H,6H2,(H2,13,14). The van der Waals surface area contributed by atoms with E-state index in [0.717, 1.165) is 20.3 Å². The van der Waals surface area contributed by atoms with Gasteiger partial charge in [-0.15, -0.1) is 0 Å². The van der Waals surface area contributed by atoms with Crippen LogP contribution in [0.25, 0.3) is 11.0 Å². The van der Waals surface area contributed by atoms with Gasteiger partial charge in [-0.1, -0.05) is 5.16 Å². The number of nitrogens with zero attached hydrogens (tertiary/aromatic N) is 3. The minimum Gasteiger partial charge on any atom is -0.369 e. The van der Waals surface area contributed by atoms with Crippen LogP contribution in [0, 0.1) is 3.57 Å². The Kier molecular flexibility index (Phi) is 2.50. The number of aromatic nitrogens is 3. The van der Waals surface area contributed by atoms with Crippen LogP contribution in [0.1, 0.15) is 5.69 Å². The van der Waals surface area contributed by atoms with E-state index >= 15 is 0 Å². The Hall–Kier alpha value is -1.57. The molecule has 17 heavy (non-hydrogen) atoms. The fourth-order valence-electron chi connectivity index (χ4n) is 1.77. The van der Waals surface area contributed by atoms with Crippen LogP contribution in [0.15, 0.2) is 35.1 Å². The lowest BCUT2D eigenvalue weighted by Crippen LogP contribution is -2.04. The first-order chi connectivity index (χ1) is 8.24. The average Bonchev–Trinajstić information content (AvgIpc) is 2.88. The molecule has 3 aromatic rings. The number of imidazole rings is 1. The highest BCUT2D eigenvalue weighted by molar-refractivity contribution is 14.1. The van der Waals surface area contributed by atoms with Crippen molar-refractivity contribution in [3.63, 3.8) is 0 Å². The Morgan fingerprint density at radius 2 is 2.24 bits per heavy atom. The summed E-state index contributed by atoms with van der Waals surface area (Å²) in [6.07, 6.45) is 1.55. The first kappa shape index (κ1) is 10.6. The number of nitrogens with two attached hydrogens (primary N) is 1. The van der Waals surface area contributed by atoms with E-state index in [9.17, 15) is 0 Å². The van der Waals surface area contributed by atoms with E-state index in [4.69, 9.17) is 10.3 Å². The van der Waals surface area contributed by atoms with Gasteiger partial charge in [0.05, 0.1) is 17.6 Å². The normalized spacial score (nSPS) is 11.1. The van der Waals surface area contributed by atoms with Gasteiger partial charge in [0.25, 0.3) is 0 Å². The summed E-state index contributed by atoms with van der Waals surface area (Å²) in [6, 6.07) is 7.87. The predicted octanol–water partition coefficient (Wildman–Crippen LogP) is 2.26. The van der Waals surface area contributed by atoms with Crippen LogP contribution in [-0.4, -0.2) is 14.7 Å². The summed E-state index contributed by atoms with van der Waals surface area (Å²) in [5.74, 6) is 0.491. The number of anilines is 1. The van der Waals surface area contributed by atoms with Gasteiger partial charge in [-0.3, -0.25) is 0 Å². The second-order valence-corrected chi connectivity index (χ2v) is 4.93. The summed E-state index contributed by atoms with van der Waals surface area (Å²) < 4.78 is 7.87. The third-order valence-corrected chi connectivity index (χ3v) is 3.22. The molecule has 0 bridgehead atoms. The summed E-state index contributed by atoms with van der Waals surface area (Å²) in [7, 11) is 0. The van der Waals surface area contributed by atoms with E-state index in [1.807, 2.05) is 28.8 Å². The summed E-state index contributed by atoms with van der Waals surface area (Å²) in [4.78, 5) is 4.33. The van der Waals surface area contributed by atoms with E-state index in [1.54, 1.807) is 6.26 Å². The smallest absolute Gasteiger partial charge is 0.201 e. The van der Waals surface area contributed by atoms with E-state index in [0.29, 0.717) is 12.5 Å². The number of halogens is 1. The Balaban J connectivity index is 2.12. The number of benzene rings is 1. The molecule has 0 atom stereocenters. The van der Waals surface area contributed by atoms with Gasteiger partial charge in [0.15, 0.2) is 0 Å². The Morgan fingerprint density at radius 3 is 3.00 bits per heavy atom. The van der Waals surface area contributed by atoms with Crippen LogP contribution >= 0.6 is 22.6 Å². The zero-order valence-electron chi connectivity index (χ0n) is 8.80. The van der Waals surface area contributed by atoms with E-state index < -0.39 is 0 Å². The lowest BCUT2D eigenvalue weighted by Gasteiger charge is -2.03. The molecule has 5 nitrogen and oxygen atoms in total. The second kappa shape index (κ2) is 4.02. The molecule has 0 fully saturated rings. The van der Waals surface area contributed by atoms with Crippen LogP contribution < -0.4 is 5.73 Å². The van der Waals surface area contributed by atoms with Crippen molar-refractivity contribution in [1.82, 2.24) is 14.7 Å². The summed E-state index contributed by atoms with van der Waals surface area (Å²) in [5.41, 5.74) is 8.65. The minimum absolute atomic E-state index is 0.491. The molecule has 1 aromatic carbocycles. The number of nitrogen functional groups attached to an aromatic ring is 1.